The lowest BCUT2D eigenvalue weighted by Crippen LogP contribution is -2.26. The molecule has 1 aliphatic heterocycles. The van der Waals surface area contributed by atoms with Crippen LogP contribution in [-0.2, 0) is 0 Å². The molecule has 0 aromatic heterocycles. The molecule has 76 valence electrons. The second-order valence-electron chi connectivity index (χ2n) is 3.45. The van der Waals surface area contributed by atoms with Crippen molar-refractivity contribution in [3.8, 4) is 0 Å². The molecule has 1 fully saturated rings. The first kappa shape index (κ1) is 10.1. The summed E-state index contributed by atoms with van der Waals surface area (Å²) in [4.78, 5) is 0. The van der Waals surface area contributed by atoms with Gasteiger partial charge in [-0.05, 0) is 17.7 Å². The molecular formula is C10H10BrF2N. The Morgan fingerprint density at radius 3 is 2.79 bits per heavy atom. The van der Waals surface area contributed by atoms with Gasteiger partial charge in [0.05, 0.1) is 6.04 Å². The monoisotopic (exact) mass is 261 g/mol. The van der Waals surface area contributed by atoms with Crippen LogP contribution in [0.15, 0.2) is 28.7 Å². The van der Waals surface area contributed by atoms with E-state index in [9.17, 15) is 8.78 Å². The Labute approximate surface area is 89.6 Å². The van der Waals surface area contributed by atoms with Gasteiger partial charge in [0.25, 0.3) is 5.92 Å². The highest BCUT2D eigenvalue weighted by Crippen LogP contribution is 2.38. The topological polar surface area (TPSA) is 12.0 Å². The minimum Gasteiger partial charge on any atom is -0.305 e. The maximum Gasteiger partial charge on any atom is 0.268 e. The first-order valence-corrected chi connectivity index (χ1v) is 5.25. The normalized spacial score (nSPS) is 25.2. The van der Waals surface area contributed by atoms with E-state index in [1.54, 1.807) is 18.2 Å². The van der Waals surface area contributed by atoms with Gasteiger partial charge in [0, 0.05) is 17.4 Å². The predicted octanol–water partition coefficient (Wildman–Crippen LogP) is 3.12. The van der Waals surface area contributed by atoms with E-state index < -0.39 is 12.0 Å². The summed E-state index contributed by atoms with van der Waals surface area (Å²) in [6, 6.07) is 6.23. The summed E-state index contributed by atoms with van der Waals surface area (Å²) >= 11 is 3.27. The SMILES string of the molecule is FC1(F)CCNC1c1cccc(Br)c1. The molecule has 1 atom stereocenters. The Bertz CT molecular complexity index is 341. The third-order valence-corrected chi connectivity index (χ3v) is 2.90. The zero-order valence-electron chi connectivity index (χ0n) is 7.43. The van der Waals surface area contributed by atoms with Crippen molar-refractivity contribution in [1.29, 1.82) is 0 Å². The number of hydrogen-bond donors (Lipinski definition) is 1. The van der Waals surface area contributed by atoms with Crippen molar-refractivity contribution in [2.75, 3.05) is 6.54 Å². The number of alkyl halides is 2. The van der Waals surface area contributed by atoms with E-state index in [-0.39, 0.29) is 6.42 Å². The minimum absolute atomic E-state index is 0.0792. The van der Waals surface area contributed by atoms with Crippen molar-refractivity contribution >= 4 is 15.9 Å². The highest BCUT2D eigenvalue weighted by atomic mass is 79.9. The summed E-state index contributed by atoms with van der Waals surface area (Å²) in [5.41, 5.74) is 0.641. The average Bonchev–Trinajstić information content (AvgIpc) is 2.45. The molecule has 1 nitrogen and oxygen atoms in total. The van der Waals surface area contributed by atoms with Crippen LogP contribution in [0.4, 0.5) is 8.78 Å². The van der Waals surface area contributed by atoms with Crippen LogP contribution in [0.5, 0.6) is 0 Å². The average molecular weight is 262 g/mol. The zero-order chi connectivity index (χ0) is 10.2. The molecule has 1 unspecified atom stereocenters. The summed E-state index contributed by atoms with van der Waals surface area (Å²) in [5.74, 6) is -2.62. The lowest BCUT2D eigenvalue weighted by Gasteiger charge is -2.19. The van der Waals surface area contributed by atoms with Crippen molar-refractivity contribution in [2.45, 2.75) is 18.4 Å². The summed E-state index contributed by atoms with van der Waals surface area (Å²) in [6.07, 6.45) is -0.0792. The van der Waals surface area contributed by atoms with Crippen molar-refractivity contribution in [1.82, 2.24) is 5.32 Å². The number of benzene rings is 1. The Kier molecular flexibility index (Phi) is 2.58. The summed E-state index contributed by atoms with van der Waals surface area (Å²) in [5, 5.41) is 2.82. The molecule has 0 amide bonds. The van der Waals surface area contributed by atoms with Gasteiger partial charge in [-0.25, -0.2) is 8.78 Å². The molecule has 0 radical (unpaired) electrons. The van der Waals surface area contributed by atoms with Gasteiger partial charge in [0.1, 0.15) is 0 Å². The molecule has 1 saturated heterocycles. The second-order valence-corrected chi connectivity index (χ2v) is 4.37. The van der Waals surface area contributed by atoms with E-state index >= 15 is 0 Å². The second kappa shape index (κ2) is 3.59. The van der Waals surface area contributed by atoms with Crippen LogP contribution in [0.3, 0.4) is 0 Å². The van der Waals surface area contributed by atoms with Crippen LogP contribution in [-0.4, -0.2) is 12.5 Å². The fourth-order valence-electron chi connectivity index (χ4n) is 1.72. The number of rotatable bonds is 1. The van der Waals surface area contributed by atoms with E-state index in [0.717, 1.165) is 4.47 Å². The maximum absolute atomic E-state index is 13.3. The largest absolute Gasteiger partial charge is 0.305 e. The van der Waals surface area contributed by atoms with E-state index in [1.807, 2.05) is 6.07 Å². The quantitative estimate of drug-likeness (QED) is 0.819. The summed E-state index contributed by atoms with van der Waals surface area (Å²) in [7, 11) is 0. The van der Waals surface area contributed by atoms with Crippen LogP contribution in [0.2, 0.25) is 0 Å². The van der Waals surface area contributed by atoms with Crippen LogP contribution < -0.4 is 5.32 Å². The van der Waals surface area contributed by atoms with Crippen LogP contribution in [0.25, 0.3) is 0 Å². The molecule has 0 spiro atoms. The summed E-state index contributed by atoms with van der Waals surface area (Å²) in [6.45, 7) is 0.379. The highest BCUT2D eigenvalue weighted by molar-refractivity contribution is 9.10. The minimum atomic E-state index is -2.62. The van der Waals surface area contributed by atoms with Crippen molar-refractivity contribution in [3.63, 3.8) is 0 Å². The van der Waals surface area contributed by atoms with E-state index in [4.69, 9.17) is 0 Å². The van der Waals surface area contributed by atoms with Crippen LogP contribution in [0, 0.1) is 0 Å². The number of hydrogen-bond acceptors (Lipinski definition) is 1. The third kappa shape index (κ3) is 1.81. The lowest BCUT2D eigenvalue weighted by atomic mass is 10.0. The molecule has 4 heteroatoms. The Hall–Kier alpha value is -0.480. The van der Waals surface area contributed by atoms with Crippen molar-refractivity contribution < 1.29 is 8.78 Å². The zero-order valence-corrected chi connectivity index (χ0v) is 9.02. The first-order valence-electron chi connectivity index (χ1n) is 4.46. The molecule has 2 rings (SSSR count). The maximum atomic E-state index is 13.3. The highest BCUT2D eigenvalue weighted by Gasteiger charge is 2.44. The van der Waals surface area contributed by atoms with E-state index in [1.165, 1.54) is 0 Å². The Morgan fingerprint density at radius 1 is 1.43 bits per heavy atom. The number of halogens is 3. The predicted molar refractivity (Wildman–Crippen MR) is 54.4 cm³/mol. The number of nitrogens with one attached hydrogen (secondary N) is 1. The van der Waals surface area contributed by atoms with E-state index in [0.29, 0.717) is 12.1 Å². The smallest absolute Gasteiger partial charge is 0.268 e. The standard InChI is InChI=1S/C10H10BrF2N/c11-8-3-1-2-7(6-8)9-10(12,13)4-5-14-9/h1-3,6,9,14H,4-5H2. The van der Waals surface area contributed by atoms with Crippen molar-refractivity contribution in [3.05, 3.63) is 34.3 Å². The summed E-state index contributed by atoms with van der Waals surface area (Å²) < 4.78 is 27.5. The molecule has 1 N–H and O–H groups in total. The van der Waals surface area contributed by atoms with Gasteiger partial charge in [0.2, 0.25) is 0 Å². The van der Waals surface area contributed by atoms with Gasteiger partial charge >= 0.3 is 0 Å². The Morgan fingerprint density at radius 2 is 2.21 bits per heavy atom. The Balaban J connectivity index is 2.31. The van der Waals surface area contributed by atoms with Crippen LogP contribution in [0.1, 0.15) is 18.0 Å². The van der Waals surface area contributed by atoms with Crippen LogP contribution >= 0.6 is 15.9 Å². The molecular weight excluding hydrogens is 252 g/mol. The molecule has 1 aromatic rings. The van der Waals surface area contributed by atoms with Gasteiger partial charge in [-0.1, -0.05) is 28.1 Å². The van der Waals surface area contributed by atoms with Crippen molar-refractivity contribution in [2.24, 2.45) is 0 Å². The van der Waals surface area contributed by atoms with Gasteiger partial charge in [-0.15, -0.1) is 0 Å². The molecule has 0 aliphatic carbocycles. The third-order valence-electron chi connectivity index (χ3n) is 2.41. The van der Waals surface area contributed by atoms with E-state index in [2.05, 4.69) is 21.2 Å². The fourth-order valence-corrected chi connectivity index (χ4v) is 2.14. The molecule has 0 bridgehead atoms. The van der Waals surface area contributed by atoms with Gasteiger partial charge in [-0.3, -0.25) is 0 Å². The van der Waals surface area contributed by atoms with Gasteiger partial charge in [0.15, 0.2) is 0 Å². The lowest BCUT2D eigenvalue weighted by molar-refractivity contribution is -0.0117. The molecule has 14 heavy (non-hydrogen) atoms. The molecule has 1 aliphatic rings. The first-order chi connectivity index (χ1) is 6.59. The van der Waals surface area contributed by atoms with Gasteiger partial charge < -0.3 is 5.32 Å². The molecule has 1 heterocycles. The molecule has 0 saturated carbocycles. The van der Waals surface area contributed by atoms with Gasteiger partial charge in [-0.2, -0.15) is 0 Å². The fraction of sp³-hybridized carbons (Fsp3) is 0.400. The molecule has 1 aromatic carbocycles.